The van der Waals surface area contributed by atoms with Crippen LogP contribution in [0.15, 0.2) is 22.6 Å². The zero-order valence-corrected chi connectivity index (χ0v) is 16.0. The minimum Gasteiger partial charge on any atom is -0.493 e. The molecule has 2 aromatic rings. The summed E-state index contributed by atoms with van der Waals surface area (Å²) in [5, 5.41) is 9.37. The molecule has 1 aliphatic rings. The van der Waals surface area contributed by atoms with Crippen LogP contribution in [0.5, 0.6) is 11.5 Å². The second kappa shape index (κ2) is 8.58. The molecule has 0 saturated carbocycles. The summed E-state index contributed by atoms with van der Waals surface area (Å²) >= 11 is 0. The number of urea groups is 1. The van der Waals surface area contributed by atoms with Crippen molar-refractivity contribution in [3.05, 3.63) is 35.5 Å². The number of likely N-dealkylation sites (tertiary alicyclic amines) is 1. The van der Waals surface area contributed by atoms with Gasteiger partial charge in [0.2, 0.25) is 5.89 Å². The zero-order valence-electron chi connectivity index (χ0n) is 16.0. The Morgan fingerprint density at radius 2 is 2.03 bits per heavy atom. The van der Waals surface area contributed by atoms with Crippen LogP contribution in [-0.4, -0.2) is 48.4 Å². The molecule has 1 unspecified atom stereocenters. The molecule has 0 bridgehead atoms. The largest absolute Gasteiger partial charge is 0.493 e. The van der Waals surface area contributed by atoms with Gasteiger partial charge in [-0.3, -0.25) is 0 Å². The number of hydrogen-bond donors (Lipinski definition) is 1. The first-order valence-electron chi connectivity index (χ1n) is 8.96. The van der Waals surface area contributed by atoms with Gasteiger partial charge < -0.3 is 24.1 Å². The van der Waals surface area contributed by atoms with Gasteiger partial charge in [0.1, 0.15) is 0 Å². The molecule has 11 heteroatoms. The van der Waals surface area contributed by atoms with Gasteiger partial charge in [-0.1, -0.05) is 6.07 Å². The monoisotopic (exact) mass is 414 g/mol. The third-order valence-corrected chi connectivity index (χ3v) is 4.63. The summed E-state index contributed by atoms with van der Waals surface area (Å²) in [6, 6.07) is 4.98. The third-order valence-electron chi connectivity index (χ3n) is 4.63. The fourth-order valence-corrected chi connectivity index (χ4v) is 3.16. The number of carbonyl (C=O) groups is 1. The summed E-state index contributed by atoms with van der Waals surface area (Å²) in [4.78, 5) is 14.0. The number of ether oxygens (including phenoxy) is 2. The Labute approximate surface area is 165 Å². The smallest absolute Gasteiger partial charge is 0.470 e. The number of nitrogens with zero attached hydrogens (tertiary/aromatic N) is 3. The number of nitrogens with one attached hydrogen (secondary N) is 1. The molecule has 2 heterocycles. The summed E-state index contributed by atoms with van der Waals surface area (Å²) in [6.45, 7) is 0.963. The average molecular weight is 414 g/mol. The number of carbonyl (C=O) groups excluding carboxylic acids is 1. The Morgan fingerprint density at radius 1 is 1.28 bits per heavy atom. The minimum absolute atomic E-state index is 0.102. The van der Waals surface area contributed by atoms with Crippen molar-refractivity contribution >= 4 is 6.03 Å². The summed E-state index contributed by atoms with van der Waals surface area (Å²) in [5.41, 5.74) is 0.816. The molecule has 0 radical (unpaired) electrons. The molecule has 158 valence electrons. The van der Waals surface area contributed by atoms with E-state index in [-0.39, 0.29) is 25.0 Å². The molecule has 29 heavy (non-hydrogen) atoms. The van der Waals surface area contributed by atoms with E-state index in [1.165, 1.54) is 19.1 Å². The highest BCUT2D eigenvalue weighted by atomic mass is 19.4. The number of alkyl halides is 3. The van der Waals surface area contributed by atoms with E-state index in [4.69, 9.17) is 13.9 Å². The number of hydrogen-bond acceptors (Lipinski definition) is 6. The molecule has 1 aromatic heterocycles. The Kier molecular flexibility index (Phi) is 6.14. The predicted octanol–water partition coefficient (Wildman–Crippen LogP) is 3.19. The van der Waals surface area contributed by atoms with Gasteiger partial charge in [-0.25, -0.2) is 4.79 Å². The van der Waals surface area contributed by atoms with Crippen molar-refractivity contribution in [1.82, 2.24) is 20.4 Å². The molecule has 3 rings (SSSR count). The van der Waals surface area contributed by atoms with Gasteiger partial charge in [0.25, 0.3) is 0 Å². The number of halogens is 3. The Bertz CT molecular complexity index is 856. The van der Waals surface area contributed by atoms with E-state index in [0.717, 1.165) is 5.56 Å². The van der Waals surface area contributed by atoms with E-state index in [0.29, 0.717) is 30.9 Å². The summed E-state index contributed by atoms with van der Waals surface area (Å²) < 4.78 is 53.1. The summed E-state index contributed by atoms with van der Waals surface area (Å²) in [5.74, 6) is -0.773. The van der Waals surface area contributed by atoms with Crippen LogP contribution in [0.25, 0.3) is 0 Å². The zero-order chi connectivity index (χ0) is 21.0. The van der Waals surface area contributed by atoms with E-state index in [9.17, 15) is 18.0 Å². The quantitative estimate of drug-likeness (QED) is 0.808. The highest BCUT2D eigenvalue weighted by Crippen LogP contribution is 2.32. The Hall–Kier alpha value is -2.98. The van der Waals surface area contributed by atoms with Crippen molar-refractivity contribution in [2.75, 3.05) is 27.3 Å². The molecule has 1 aromatic carbocycles. The van der Waals surface area contributed by atoms with Gasteiger partial charge in [0.15, 0.2) is 11.5 Å². The number of piperidine rings is 1. The highest BCUT2D eigenvalue weighted by Gasteiger charge is 2.39. The third kappa shape index (κ3) is 4.90. The van der Waals surface area contributed by atoms with Crippen LogP contribution in [0, 0.1) is 0 Å². The van der Waals surface area contributed by atoms with Gasteiger partial charge in [-0.15, -0.1) is 10.2 Å². The van der Waals surface area contributed by atoms with Crippen molar-refractivity contribution in [3.63, 3.8) is 0 Å². The number of aromatic nitrogens is 2. The number of methoxy groups -OCH3 is 2. The van der Waals surface area contributed by atoms with Crippen LogP contribution < -0.4 is 14.8 Å². The van der Waals surface area contributed by atoms with Crippen molar-refractivity contribution in [3.8, 4) is 11.5 Å². The molecule has 1 saturated heterocycles. The molecule has 0 spiro atoms. The maximum absolute atomic E-state index is 12.6. The number of rotatable bonds is 5. The molecule has 2 amide bonds. The van der Waals surface area contributed by atoms with Gasteiger partial charge >= 0.3 is 18.1 Å². The van der Waals surface area contributed by atoms with Crippen molar-refractivity contribution in [1.29, 1.82) is 0 Å². The van der Waals surface area contributed by atoms with Gasteiger partial charge in [0.05, 0.1) is 20.1 Å². The van der Waals surface area contributed by atoms with E-state index in [1.807, 2.05) is 0 Å². The lowest BCUT2D eigenvalue weighted by Crippen LogP contribution is -2.44. The maximum atomic E-state index is 12.6. The van der Waals surface area contributed by atoms with Crippen molar-refractivity contribution in [2.45, 2.75) is 31.5 Å². The normalized spacial score (nSPS) is 17.1. The number of benzene rings is 1. The van der Waals surface area contributed by atoms with Crippen LogP contribution in [0.1, 0.15) is 36.1 Å². The average Bonchev–Trinajstić information content (AvgIpc) is 3.22. The lowest BCUT2D eigenvalue weighted by atomic mass is 9.98. The van der Waals surface area contributed by atoms with Gasteiger partial charge in [-0.05, 0) is 30.5 Å². The predicted molar refractivity (Wildman–Crippen MR) is 94.6 cm³/mol. The van der Waals surface area contributed by atoms with E-state index in [2.05, 4.69) is 15.5 Å². The fourth-order valence-electron chi connectivity index (χ4n) is 3.16. The second-order valence-electron chi connectivity index (χ2n) is 6.58. The molecule has 0 aliphatic carbocycles. The molecule has 1 atom stereocenters. The number of amides is 2. The first kappa shape index (κ1) is 20.7. The lowest BCUT2D eigenvalue weighted by molar-refractivity contribution is -0.157. The minimum atomic E-state index is -4.68. The standard InChI is InChI=1S/C18H21F3N4O4/c1-27-13-6-5-11(8-14(13)28-2)9-22-17(26)25-7-3-4-12(10-25)15-23-24-16(29-15)18(19,20)21/h5-6,8,12H,3-4,7,9-10H2,1-2H3,(H,22,26). The van der Waals surface area contributed by atoms with Crippen LogP contribution in [0.3, 0.4) is 0 Å². The van der Waals surface area contributed by atoms with Crippen LogP contribution in [0.4, 0.5) is 18.0 Å². The van der Waals surface area contributed by atoms with Crippen LogP contribution in [0.2, 0.25) is 0 Å². The van der Waals surface area contributed by atoms with Crippen LogP contribution >= 0.6 is 0 Å². The molecule has 1 aliphatic heterocycles. The molecule has 8 nitrogen and oxygen atoms in total. The highest BCUT2D eigenvalue weighted by molar-refractivity contribution is 5.74. The Morgan fingerprint density at radius 3 is 2.69 bits per heavy atom. The molecular weight excluding hydrogens is 393 g/mol. The molecular formula is C18H21F3N4O4. The Balaban J connectivity index is 1.59. The van der Waals surface area contributed by atoms with Gasteiger partial charge in [-0.2, -0.15) is 13.2 Å². The van der Waals surface area contributed by atoms with Crippen molar-refractivity contribution in [2.24, 2.45) is 0 Å². The van der Waals surface area contributed by atoms with Crippen LogP contribution in [-0.2, 0) is 12.7 Å². The van der Waals surface area contributed by atoms with E-state index >= 15 is 0 Å². The molecule has 1 N–H and O–H groups in total. The lowest BCUT2D eigenvalue weighted by Gasteiger charge is -2.31. The first-order chi connectivity index (χ1) is 13.8. The SMILES string of the molecule is COc1ccc(CNC(=O)N2CCCC(c3nnc(C(F)(F)F)o3)C2)cc1OC. The maximum Gasteiger partial charge on any atom is 0.470 e. The fraction of sp³-hybridized carbons (Fsp3) is 0.500. The van der Waals surface area contributed by atoms with Gasteiger partial charge in [0, 0.05) is 19.6 Å². The summed E-state index contributed by atoms with van der Waals surface area (Å²) in [7, 11) is 3.06. The van der Waals surface area contributed by atoms with E-state index < -0.39 is 18.0 Å². The van der Waals surface area contributed by atoms with E-state index in [1.54, 1.807) is 18.2 Å². The second-order valence-corrected chi connectivity index (χ2v) is 6.58. The molecule has 1 fully saturated rings. The first-order valence-corrected chi connectivity index (χ1v) is 8.96. The summed E-state index contributed by atoms with van der Waals surface area (Å²) in [6.07, 6.45) is -3.49. The van der Waals surface area contributed by atoms with Crippen molar-refractivity contribution < 1.29 is 31.9 Å². The topological polar surface area (TPSA) is 89.7 Å².